The van der Waals surface area contributed by atoms with Gasteiger partial charge in [0, 0.05) is 5.56 Å². The van der Waals surface area contributed by atoms with Crippen LogP contribution >= 0.6 is 0 Å². The van der Waals surface area contributed by atoms with E-state index in [1.165, 1.54) is 0 Å². The van der Waals surface area contributed by atoms with Crippen LogP contribution in [0.3, 0.4) is 0 Å². The van der Waals surface area contributed by atoms with Crippen molar-refractivity contribution in [2.45, 2.75) is 19.4 Å². The molecule has 0 saturated carbocycles. The summed E-state index contributed by atoms with van der Waals surface area (Å²) in [5.41, 5.74) is 0.746. The number of fused-ring (bicyclic) bond motifs is 1. The van der Waals surface area contributed by atoms with Crippen LogP contribution in [0.2, 0.25) is 0 Å². The van der Waals surface area contributed by atoms with Crippen LogP contribution in [0.25, 0.3) is 6.08 Å². The molecule has 0 N–H and O–H groups in total. The third-order valence-electron chi connectivity index (χ3n) is 3.01. The molecule has 19 heavy (non-hydrogen) atoms. The Hall–Kier alpha value is -2.22. The Balaban J connectivity index is 1.98. The first-order valence-electron chi connectivity index (χ1n) is 6.38. The highest BCUT2D eigenvalue weighted by molar-refractivity contribution is 5.65. The molecule has 0 aliphatic carbocycles. The van der Waals surface area contributed by atoms with E-state index in [1.807, 2.05) is 62.4 Å². The molecule has 1 heterocycles. The van der Waals surface area contributed by atoms with E-state index in [2.05, 4.69) is 12.2 Å². The molecule has 2 aromatic rings. The summed E-state index contributed by atoms with van der Waals surface area (Å²) in [7, 11) is 0. The first kappa shape index (κ1) is 11.8. The zero-order valence-electron chi connectivity index (χ0n) is 11.1. The second kappa shape index (κ2) is 4.47. The minimum absolute atomic E-state index is 0.302. The highest BCUT2D eigenvalue weighted by Gasteiger charge is 2.24. The van der Waals surface area contributed by atoms with Crippen LogP contribution in [0, 0.1) is 0 Å². The molecule has 1 aliphatic heterocycles. The highest BCUT2D eigenvalue weighted by atomic mass is 16.5. The van der Waals surface area contributed by atoms with Crippen LogP contribution in [0.4, 0.5) is 0 Å². The lowest BCUT2D eigenvalue weighted by atomic mass is 10.0. The van der Waals surface area contributed by atoms with Crippen molar-refractivity contribution in [3.63, 3.8) is 0 Å². The van der Waals surface area contributed by atoms with Gasteiger partial charge in [-0.15, -0.1) is 0 Å². The van der Waals surface area contributed by atoms with Gasteiger partial charge in [0.05, 0.1) is 0 Å². The molecule has 0 spiro atoms. The van der Waals surface area contributed by atoms with Gasteiger partial charge in [-0.25, -0.2) is 0 Å². The molecule has 2 nitrogen and oxygen atoms in total. The van der Waals surface area contributed by atoms with E-state index in [0.29, 0.717) is 0 Å². The van der Waals surface area contributed by atoms with Crippen LogP contribution in [-0.2, 0) is 0 Å². The Morgan fingerprint density at radius 1 is 0.947 bits per heavy atom. The van der Waals surface area contributed by atoms with Crippen LogP contribution in [-0.4, -0.2) is 5.60 Å². The second-order valence-corrected chi connectivity index (χ2v) is 5.13. The van der Waals surface area contributed by atoms with E-state index in [4.69, 9.17) is 9.47 Å². The van der Waals surface area contributed by atoms with E-state index >= 15 is 0 Å². The Labute approximate surface area is 113 Å². The Morgan fingerprint density at radius 2 is 1.74 bits per heavy atom. The predicted octanol–water partition coefficient (Wildman–Crippen LogP) is 4.66. The molecule has 0 aromatic heterocycles. The fourth-order valence-corrected chi connectivity index (χ4v) is 2.06. The Bertz CT molecular complexity index is 612. The van der Waals surface area contributed by atoms with E-state index in [9.17, 15) is 0 Å². The molecule has 0 amide bonds. The van der Waals surface area contributed by atoms with E-state index in [-0.39, 0.29) is 5.60 Å². The summed E-state index contributed by atoms with van der Waals surface area (Å²) in [6, 6.07) is 15.7. The van der Waals surface area contributed by atoms with Gasteiger partial charge in [-0.2, -0.15) is 0 Å². The van der Waals surface area contributed by atoms with Crippen molar-refractivity contribution >= 4 is 6.08 Å². The third kappa shape index (κ3) is 2.48. The number of para-hydroxylation sites is 2. The first-order valence-corrected chi connectivity index (χ1v) is 6.38. The van der Waals surface area contributed by atoms with Crippen LogP contribution in [0.5, 0.6) is 17.2 Å². The monoisotopic (exact) mass is 252 g/mol. The summed E-state index contributed by atoms with van der Waals surface area (Å²) in [6.45, 7) is 4.07. The van der Waals surface area contributed by atoms with Crippen LogP contribution in [0.1, 0.15) is 19.4 Å². The van der Waals surface area contributed by atoms with Crippen molar-refractivity contribution in [1.29, 1.82) is 0 Å². The van der Waals surface area contributed by atoms with Gasteiger partial charge in [0.15, 0.2) is 11.5 Å². The van der Waals surface area contributed by atoms with E-state index < -0.39 is 0 Å². The Kier molecular flexibility index (Phi) is 2.79. The second-order valence-electron chi connectivity index (χ2n) is 5.13. The predicted molar refractivity (Wildman–Crippen MR) is 76.7 cm³/mol. The fourth-order valence-electron chi connectivity index (χ4n) is 2.06. The molecule has 96 valence electrons. The normalized spacial score (nSPS) is 15.5. The Morgan fingerprint density at radius 3 is 2.53 bits per heavy atom. The van der Waals surface area contributed by atoms with Gasteiger partial charge in [-0.05, 0) is 38.1 Å². The maximum Gasteiger partial charge on any atom is 0.170 e. The van der Waals surface area contributed by atoms with Crippen molar-refractivity contribution in [3.05, 3.63) is 60.2 Å². The lowest BCUT2D eigenvalue weighted by Gasteiger charge is -2.29. The van der Waals surface area contributed by atoms with Gasteiger partial charge in [-0.3, -0.25) is 0 Å². The molecule has 0 radical (unpaired) electrons. The van der Waals surface area contributed by atoms with Crippen LogP contribution in [0.15, 0.2) is 54.6 Å². The van der Waals surface area contributed by atoms with Gasteiger partial charge in [0.2, 0.25) is 0 Å². The van der Waals surface area contributed by atoms with Gasteiger partial charge >= 0.3 is 0 Å². The molecule has 0 bridgehead atoms. The van der Waals surface area contributed by atoms with E-state index in [1.54, 1.807) is 0 Å². The summed E-state index contributed by atoms with van der Waals surface area (Å²) < 4.78 is 11.9. The van der Waals surface area contributed by atoms with E-state index in [0.717, 1.165) is 22.8 Å². The molecule has 0 unspecified atom stereocenters. The number of benzene rings is 2. The smallest absolute Gasteiger partial charge is 0.170 e. The summed E-state index contributed by atoms with van der Waals surface area (Å²) in [4.78, 5) is 0. The van der Waals surface area contributed by atoms with Gasteiger partial charge < -0.3 is 9.47 Å². The molecule has 2 aromatic carbocycles. The van der Waals surface area contributed by atoms with Gasteiger partial charge in [-0.1, -0.05) is 36.4 Å². The largest absolute Gasteiger partial charge is 0.479 e. The lowest BCUT2D eigenvalue weighted by Crippen LogP contribution is -2.27. The molecule has 0 atom stereocenters. The molecule has 0 saturated heterocycles. The number of hydrogen-bond acceptors (Lipinski definition) is 2. The zero-order valence-corrected chi connectivity index (χ0v) is 11.1. The molecule has 1 aliphatic rings. The SMILES string of the molecule is CC1(C)C=Cc2cccc(Oc3ccccc3)c2O1. The minimum Gasteiger partial charge on any atom is -0.479 e. The van der Waals surface area contributed by atoms with Crippen molar-refractivity contribution < 1.29 is 9.47 Å². The summed E-state index contributed by atoms with van der Waals surface area (Å²) >= 11 is 0. The zero-order chi connectivity index (χ0) is 13.3. The molecule has 2 heteroatoms. The average Bonchev–Trinajstić information content (AvgIpc) is 2.40. The van der Waals surface area contributed by atoms with Gasteiger partial charge in [0.25, 0.3) is 0 Å². The summed E-state index contributed by atoms with van der Waals surface area (Å²) in [5.74, 6) is 2.37. The first-order chi connectivity index (χ1) is 9.14. The lowest BCUT2D eigenvalue weighted by molar-refractivity contribution is 0.154. The minimum atomic E-state index is -0.302. The number of hydrogen-bond donors (Lipinski definition) is 0. The topological polar surface area (TPSA) is 18.5 Å². The van der Waals surface area contributed by atoms with Crippen LogP contribution < -0.4 is 9.47 Å². The summed E-state index contributed by atoms with van der Waals surface area (Å²) in [5, 5.41) is 0. The molecule has 3 rings (SSSR count). The highest BCUT2D eigenvalue weighted by Crippen LogP contribution is 2.40. The summed E-state index contributed by atoms with van der Waals surface area (Å²) in [6.07, 6.45) is 4.14. The standard InChI is InChI=1S/C17H16O2/c1-17(2)12-11-13-7-6-10-15(16(13)19-17)18-14-8-4-3-5-9-14/h3-12H,1-2H3. The van der Waals surface area contributed by atoms with Gasteiger partial charge in [0.1, 0.15) is 11.4 Å². The number of rotatable bonds is 2. The molecule has 0 fully saturated rings. The van der Waals surface area contributed by atoms with Crippen molar-refractivity contribution in [1.82, 2.24) is 0 Å². The maximum absolute atomic E-state index is 6.01. The van der Waals surface area contributed by atoms with Crippen molar-refractivity contribution in [3.8, 4) is 17.2 Å². The maximum atomic E-state index is 6.01. The van der Waals surface area contributed by atoms with Crippen molar-refractivity contribution in [2.24, 2.45) is 0 Å². The third-order valence-corrected chi connectivity index (χ3v) is 3.01. The molecular formula is C17H16O2. The average molecular weight is 252 g/mol. The van der Waals surface area contributed by atoms with Crippen molar-refractivity contribution in [2.75, 3.05) is 0 Å². The molecular weight excluding hydrogens is 236 g/mol. The fraction of sp³-hybridized carbons (Fsp3) is 0.176. The quantitative estimate of drug-likeness (QED) is 0.773. The number of ether oxygens (including phenoxy) is 2.